The summed E-state index contributed by atoms with van der Waals surface area (Å²) in [7, 11) is 2.90. The summed E-state index contributed by atoms with van der Waals surface area (Å²) in [5.74, 6) is -1.64. The van der Waals surface area contributed by atoms with Crippen LogP contribution in [0.15, 0.2) is 18.2 Å². The van der Waals surface area contributed by atoms with Crippen molar-refractivity contribution in [1.82, 2.24) is 10.2 Å². The van der Waals surface area contributed by atoms with E-state index in [1.807, 2.05) is 0 Å². The number of hydrogen-bond acceptors (Lipinski definition) is 5. The van der Waals surface area contributed by atoms with E-state index in [-0.39, 0.29) is 30.0 Å². The molecule has 2 aliphatic rings. The highest BCUT2D eigenvalue weighted by Gasteiger charge is 2.38. The van der Waals surface area contributed by atoms with Gasteiger partial charge in [-0.1, -0.05) is 0 Å². The molecule has 1 N–H and O–H groups in total. The van der Waals surface area contributed by atoms with Crippen molar-refractivity contribution in [2.45, 2.75) is 38.2 Å². The van der Waals surface area contributed by atoms with E-state index in [4.69, 9.17) is 9.47 Å². The molecule has 3 rings (SSSR count). The molecule has 2 fully saturated rings. The van der Waals surface area contributed by atoms with Gasteiger partial charge in [0.05, 0.1) is 19.9 Å². The Morgan fingerprint density at radius 1 is 1.24 bits per heavy atom. The highest BCUT2D eigenvalue weighted by atomic mass is 19.4. The summed E-state index contributed by atoms with van der Waals surface area (Å²) in [6, 6.07) is 2.30. The largest absolute Gasteiger partial charge is 0.573 e. The van der Waals surface area contributed by atoms with E-state index in [0.29, 0.717) is 32.2 Å². The van der Waals surface area contributed by atoms with Gasteiger partial charge in [-0.2, -0.15) is 9.37 Å². The zero-order valence-corrected chi connectivity index (χ0v) is 18.9. The third kappa shape index (κ3) is 7.31. The first-order chi connectivity index (χ1) is 16.1. The first-order valence-corrected chi connectivity index (χ1v) is 10.9. The summed E-state index contributed by atoms with van der Waals surface area (Å²) in [5.41, 5.74) is 0.0216. The number of nitrogens with zero attached hydrogens (tertiary/aromatic N) is 2. The van der Waals surface area contributed by atoms with Crippen LogP contribution >= 0.6 is 0 Å². The van der Waals surface area contributed by atoms with Crippen LogP contribution in [-0.2, 0) is 16.0 Å². The number of likely N-dealkylation sites (tertiary alicyclic amines) is 1. The third-order valence-corrected chi connectivity index (χ3v) is 5.64. The van der Waals surface area contributed by atoms with Gasteiger partial charge in [-0.25, -0.2) is 14.5 Å². The monoisotopic (exact) mass is 490 g/mol. The standard InChI is InChI=1S/C22H27F4N3O5/c1-32-13-15-7-14(10-28(11-15)21(31)33-2)12-29(17-4-5-17)20(30)27-9-16-3-6-18(8-19(16)23)34-22(24,25)26/h3,6,8,12,14-15,17H,4-5,7,9-11,13H2,1-2H3/p+1/b29-12+/t14-,15+/m1/s1. The summed E-state index contributed by atoms with van der Waals surface area (Å²) in [6.07, 6.45) is -1.23. The van der Waals surface area contributed by atoms with E-state index >= 15 is 0 Å². The van der Waals surface area contributed by atoms with Crippen molar-refractivity contribution in [3.63, 3.8) is 0 Å². The van der Waals surface area contributed by atoms with Crippen molar-refractivity contribution < 1.29 is 45.9 Å². The average Bonchev–Trinajstić information content (AvgIpc) is 3.60. The molecule has 1 aromatic rings. The van der Waals surface area contributed by atoms with Crippen molar-refractivity contribution in [1.29, 1.82) is 0 Å². The van der Waals surface area contributed by atoms with E-state index in [0.717, 1.165) is 25.0 Å². The van der Waals surface area contributed by atoms with Gasteiger partial charge in [0, 0.05) is 43.7 Å². The first kappa shape index (κ1) is 25.7. The number of alkyl halides is 3. The van der Waals surface area contributed by atoms with Gasteiger partial charge >= 0.3 is 18.5 Å². The van der Waals surface area contributed by atoms with Crippen LogP contribution in [-0.4, -0.2) is 74.1 Å². The molecule has 1 saturated carbocycles. The molecule has 34 heavy (non-hydrogen) atoms. The van der Waals surface area contributed by atoms with Gasteiger partial charge in [0.1, 0.15) is 24.2 Å². The molecule has 0 radical (unpaired) electrons. The maximum Gasteiger partial charge on any atom is 0.573 e. The lowest BCUT2D eigenvalue weighted by Gasteiger charge is -2.35. The van der Waals surface area contributed by atoms with E-state index < -0.39 is 30.1 Å². The Balaban J connectivity index is 1.67. The number of urea groups is 1. The predicted molar refractivity (Wildman–Crippen MR) is 112 cm³/mol. The van der Waals surface area contributed by atoms with Gasteiger partial charge in [0.15, 0.2) is 0 Å². The summed E-state index contributed by atoms with van der Waals surface area (Å²) in [5, 5.41) is 2.62. The molecule has 1 saturated heterocycles. The van der Waals surface area contributed by atoms with Gasteiger partial charge in [-0.3, -0.25) is 0 Å². The van der Waals surface area contributed by atoms with Crippen LogP contribution in [0.4, 0.5) is 27.2 Å². The van der Waals surface area contributed by atoms with Crippen molar-refractivity contribution >= 4 is 18.3 Å². The molecule has 8 nitrogen and oxygen atoms in total. The summed E-state index contributed by atoms with van der Waals surface area (Å²) < 4.78 is 66.5. The minimum absolute atomic E-state index is 0.00165. The molecule has 12 heteroatoms. The highest BCUT2D eigenvalue weighted by molar-refractivity contribution is 5.73. The second-order valence-corrected chi connectivity index (χ2v) is 8.44. The third-order valence-electron chi connectivity index (χ3n) is 5.64. The fourth-order valence-corrected chi connectivity index (χ4v) is 4.05. The number of piperidine rings is 1. The van der Waals surface area contributed by atoms with E-state index in [1.54, 1.807) is 22.8 Å². The van der Waals surface area contributed by atoms with Crippen molar-refractivity contribution in [2.24, 2.45) is 11.8 Å². The SMILES string of the molecule is COC[C@H]1C[C@@H](/C=[N+](/C(=O)NCc2ccc(OC(F)(F)F)cc2F)C2CC2)CN(C(=O)OC)C1. The molecule has 1 aliphatic heterocycles. The Labute approximate surface area is 194 Å². The summed E-state index contributed by atoms with van der Waals surface area (Å²) in [4.78, 5) is 26.5. The lowest BCUT2D eigenvalue weighted by Crippen LogP contribution is -2.47. The van der Waals surface area contributed by atoms with E-state index in [2.05, 4.69) is 10.1 Å². The molecule has 0 spiro atoms. The van der Waals surface area contributed by atoms with Crippen LogP contribution in [0, 0.1) is 17.7 Å². The van der Waals surface area contributed by atoms with Crippen LogP contribution in [0.25, 0.3) is 0 Å². The minimum Gasteiger partial charge on any atom is -0.453 e. The second-order valence-electron chi connectivity index (χ2n) is 8.44. The number of methoxy groups -OCH3 is 2. The maximum absolute atomic E-state index is 14.2. The Bertz CT molecular complexity index is 920. The quantitative estimate of drug-likeness (QED) is 0.360. The zero-order valence-electron chi connectivity index (χ0n) is 18.9. The molecular formula is C22H28F4N3O5+. The van der Waals surface area contributed by atoms with Crippen molar-refractivity contribution in [3.8, 4) is 5.75 Å². The topological polar surface area (TPSA) is 80.1 Å². The predicted octanol–water partition coefficient (Wildman–Crippen LogP) is 3.53. The molecule has 2 atom stereocenters. The molecule has 0 unspecified atom stereocenters. The van der Waals surface area contributed by atoms with Gasteiger partial charge in [-0.15, -0.1) is 13.2 Å². The molecule has 0 aromatic heterocycles. The molecule has 1 heterocycles. The van der Waals surface area contributed by atoms with Gasteiger partial charge in [0.2, 0.25) is 0 Å². The van der Waals surface area contributed by atoms with Crippen molar-refractivity contribution in [2.75, 3.05) is 33.9 Å². The number of benzene rings is 1. The second kappa shape index (κ2) is 11.0. The number of carbonyl (C=O) groups is 2. The maximum atomic E-state index is 14.2. The fourth-order valence-electron chi connectivity index (χ4n) is 4.05. The number of carbonyl (C=O) groups excluding carboxylic acids is 2. The minimum atomic E-state index is -4.92. The van der Waals surface area contributed by atoms with Crippen molar-refractivity contribution in [3.05, 3.63) is 29.6 Å². The molecular weight excluding hydrogens is 462 g/mol. The summed E-state index contributed by atoms with van der Waals surface area (Å²) >= 11 is 0. The average molecular weight is 490 g/mol. The highest BCUT2D eigenvalue weighted by Crippen LogP contribution is 2.27. The summed E-state index contributed by atoms with van der Waals surface area (Å²) in [6.45, 7) is 1.13. The fraction of sp³-hybridized carbons (Fsp3) is 0.591. The number of amides is 3. The normalized spacial score (nSPS) is 21.2. The Kier molecular flexibility index (Phi) is 8.34. The van der Waals surface area contributed by atoms with Crippen LogP contribution < -0.4 is 10.1 Å². The lowest BCUT2D eigenvalue weighted by atomic mass is 9.90. The van der Waals surface area contributed by atoms with Crippen LogP contribution in [0.5, 0.6) is 5.75 Å². The number of hydrogen-bond donors (Lipinski definition) is 1. The van der Waals surface area contributed by atoms with Crippen LogP contribution in [0.2, 0.25) is 0 Å². The van der Waals surface area contributed by atoms with Gasteiger partial charge in [-0.05, 0) is 31.4 Å². The zero-order chi connectivity index (χ0) is 24.9. The molecule has 3 amide bonds. The molecule has 1 aromatic carbocycles. The number of halogens is 4. The first-order valence-electron chi connectivity index (χ1n) is 10.9. The van der Waals surface area contributed by atoms with Crippen LogP contribution in [0.1, 0.15) is 24.8 Å². The van der Waals surface area contributed by atoms with E-state index in [9.17, 15) is 27.2 Å². The van der Waals surface area contributed by atoms with Crippen LogP contribution in [0.3, 0.4) is 0 Å². The lowest BCUT2D eigenvalue weighted by molar-refractivity contribution is -0.442. The Hall–Kier alpha value is -2.89. The number of rotatable bonds is 7. The Morgan fingerprint density at radius 2 is 1.97 bits per heavy atom. The van der Waals surface area contributed by atoms with Gasteiger partial charge < -0.3 is 19.1 Å². The Morgan fingerprint density at radius 3 is 2.56 bits per heavy atom. The smallest absolute Gasteiger partial charge is 0.453 e. The van der Waals surface area contributed by atoms with E-state index in [1.165, 1.54) is 7.11 Å². The molecule has 188 valence electrons. The molecule has 0 bridgehead atoms. The number of nitrogens with one attached hydrogen (secondary N) is 1. The van der Waals surface area contributed by atoms with Gasteiger partial charge in [0.25, 0.3) is 0 Å². The number of ether oxygens (including phenoxy) is 3. The molecule has 1 aliphatic carbocycles.